The summed E-state index contributed by atoms with van der Waals surface area (Å²) in [7, 11) is -3.60. The molecule has 1 aromatic carbocycles. The van der Waals surface area contributed by atoms with Crippen LogP contribution in [0.1, 0.15) is 37.7 Å². The third-order valence-corrected chi connectivity index (χ3v) is 5.12. The topological polar surface area (TPSA) is 74.8 Å². The van der Waals surface area contributed by atoms with Crippen LogP contribution in [0.3, 0.4) is 0 Å². The zero-order valence-electron chi connectivity index (χ0n) is 11.9. The van der Waals surface area contributed by atoms with Gasteiger partial charge >= 0.3 is 0 Å². The van der Waals surface area contributed by atoms with Gasteiger partial charge in [-0.05, 0) is 24.1 Å². The summed E-state index contributed by atoms with van der Waals surface area (Å²) < 4.78 is 28.4. The van der Waals surface area contributed by atoms with Crippen molar-refractivity contribution in [1.82, 2.24) is 14.7 Å². The van der Waals surface area contributed by atoms with E-state index in [-0.39, 0.29) is 11.1 Å². The summed E-state index contributed by atoms with van der Waals surface area (Å²) in [6.07, 6.45) is 2.69. The van der Waals surface area contributed by atoms with Gasteiger partial charge in [0.15, 0.2) is 5.03 Å². The summed E-state index contributed by atoms with van der Waals surface area (Å²) in [4.78, 5) is 6.86. The molecule has 1 aromatic heterocycles. The van der Waals surface area contributed by atoms with Crippen LogP contribution in [-0.4, -0.2) is 18.4 Å². The van der Waals surface area contributed by atoms with Crippen molar-refractivity contribution in [3.8, 4) is 0 Å². The highest BCUT2D eigenvalue weighted by atomic mass is 79.9. The molecule has 0 saturated carbocycles. The highest BCUT2D eigenvalue weighted by Crippen LogP contribution is 2.21. The van der Waals surface area contributed by atoms with Crippen molar-refractivity contribution in [3.63, 3.8) is 0 Å². The molecule has 0 amide bonds. The zero-order chi connectivity index (χ0) is 15.5. The van der Waals surface area contributed by atoms with Gasteiger partial charge in [-0.15, -0.1) is 0 Å². The van der Waals surface area contributed by atoms with Crippen molar-refractivity contribution in [2.45, 2.75) is 37.8 Å². The molecule has 114 valence electrons. The zero-order valence-corrected chi connectivity index (χ0v) is 14.3. The first-order valence-corrected chi connectivity index (χ1v) is 9.05. The van der Waals surface area contributed by atoms with Gasteiger partial charge in [0.2, 0.25) is 0 Å². The standard InChI is InChI=1S/C14H18BrN3O2S/c1-3-12(10-5-7-11(15)8-6-10)18-21(19,20)14-9-16-13(4-2)17-14/h5-9,12,18H,3-4H2,1-2H3,(H,16,17). The lowest BCUT2D eigenvalue weighted by Gasteiger charge is -2.17. The smallest absolute Gasteiger partial charge is 0.258 e. The lowest BCUT2D eigenvalue weighted by atomic mass is 10.1. The first kappa shape index (κ1) is 16.2. The molecule has 0 spiro atoms. The summed E-state index contributed by atoms with van der Waals surface area (Å²) >= 11 is 3.37. The maximum atomic E-state index is 12.4. The summed E-state index contributed by atoms with van der Waals surface area (Å²) in [6.45, 7) is 3.86. The molecule has 7 heteroatoms. The number of sulfonamides is 1. The van der Waals surface area contributed by atoms with E-state index in [1.54, 1.807) is 0 Å². The number of aromatic nitrogens is 2. The molecule has 2 rings (SSSR count). The Balaban J connectivity index is 2.22. The number of H-pyrrole nitrogens is 1. The second-order valence-corrected chi connectivity index (χ2v) is 7.28. The Morgan fingerprint density at radius 3 is 2.48 bits per heavy atom. The van der Waals surface area contributed by atoms with Gasteiger partial charge in [-0.2, -0.15) is 0 Å². The van der Waals surface area contributed by atoms with E-state index < -0.39 is 10.0 Å². The summed E-state index contributed by atoms with van der Waals surface area (Å²) in [6, 6.07) is 7.35. The second kappa shape index (κ2) is 6.72. The quantitative estimate of drug-likeness (QED) is 0.818. The van der Waals surface area contributed by atoms with Crippen LogP contribution in [-0.2, 0) is 16.4 Å². The maximum Gasteiger partial charge on any atom is 0.258 e. The Morgan fingerprint density at radius 1 is 1.29 bits per heavy atom. The van der Waals surface area contributed by atoms with Crippen molar-refractivity contribution in [2.75, 3.05) is 0 Å². The Hall–Kier alpha value is -1.18. The number of imidazole rings is 1. The van der Waals surface area contributed by atoms with Crippen molar-refractivity contribution in [3.05, 3.63) is 46.3 Å². The van der Waals surface area contributed by atoms with E-state index in [9.17, 15) is 8.42 Å². The molecule has 5 nitrogen and oxygen atoms in total. The monoisotopic (exact) mass is 371 g/mol. The van der Waals surface area contributed by atoms with E-state index in [1.807, 2.05) is 38.1 Å². The molecule has 0 bridgehead atoms. The number of benzene rings is 1. The fourth-order valence-electron chi connectivity index (χ4n) is 1.99. The first-order valence-electron chi connectivity index (χ1n) is 6.78. The van der Waals surface area contributed by atoms with E-state index in [1.165, 1.54) is 6.20 Å². The van der Waals surface area contributed by atoms with Gasteiger partial charge in [-0.25, -0.2) is 18.1 Å². The second-order valence-electron chi connectivity index (χ2n) is 4.68. The van der Waals surface area contributed by atoms with Gasteiger partial charge in [0, 0.05) is 16.9 Å². The minimum absolute atomic E-state index is 0.106. The largest absolute Gasteiger partial charge is 0.332 e. The summed E-state index contributed by atoms with van der Waals surface area (Å²) in [5.74, 6) is 0.659. The third kappa shape index (κ3) is 3.93. The first-order chi connectivity index (χ1) is 9.96. The molecule has 2 N–H and O–H groups in total. The average Bonchev–Trinajstić information content (AvgIpc) is 2.95. The van der Waals surface area contributed by atoms with Crippen molar-refractivity contribution < 1.29 is 8.42 Å². The van der Waals surface area contributed by atoms with Crippen LogP contribution in [0.15, 0.2) is 40.0 Å². The Bertz CT molecular complexity index is 695. The SMILES string of the molecule is CCc1ncc(S(=O)(=O)NC(CC)c2ccc(Br)cc2)[nH]1. The molecule has 0 aliphatic heterocycles. The highest BCUT2D eigenvalue weighted by molar-refractivity contribution is 9.10. The molecule has 21 heavy (non-hydrogen) atoms. The number of aromatic amines is 1. The number of nitrogens with one attached hydrogen (secondary N) is 2. The van der Waals surface area contributed by atoms with Crippen molar-refractivity contribution in [2.24, 2.45) is 0 Å². The number of rotatable bonds is 6. The maximum absolute atomic E-state index is 12.4. The van der Waals surface area contributed by atoms with Gasteiger partial charge < -0.3 is 4.98 Å². The van der Waals surface area contributed by atoms with Gasteiger partial charge in [0.1, 0.15) is 5.82 Å². The number of aryl methyl sites for hydroxylation is 1. The van der Waals surface area contributed by atoms with Crippen LogP contribution >= 0.6 is 15.9 Å². The molecule has 0 aliphatic carbocycles. The Labute approximate surface area is 133 Å². The van der Waals surface area contributed by atoms with Crippen LogP contribution in [0.25, 0.3) is 0 Å². The summed E-state index contributed by atoms with van der Waals surface area (Å²) in [5.41, 5.74) is 0.930. The molecule has 1 unspecified atom stereocenters. The van der Waals surface area contributed by atoms with Crippen molar-refractivity contribution in [1.29, 1.82) is 0 Å². The molecule has 0 radical (unpaired) electrons. The van der Waals surface area contributed by atoms with Gasteiger partial charge in [0.05, 0.1) is 6.20 Å². The Kier molecular flexibility index (Phi) is 5.18. The molecular formula is C14H18BrN3O2S. The fraction of sp³-hybridized carbons (Fsp3) is 0.357. The average molecular weight is 372 g/mol. The number of hydrogen-bond acceptors (Lipinski definition) is 3. The molecule has 0 fully saturated rings. The minimum Gasteiger partial charge on any atom is -0.332 e. The fourth-order valence-corrected chi connectivity index (χ4v) is 3.50. The van der Waals surface area contributed by atoms with Crippen LogP contribution < -0.4 is 4.72 Å². The lowest BCUT2D eigenvalue weighted by molar-refractivity contribution is 0.547. The number of halogens is 1. The minimum atomic E-state index is -3.60. The van der Waals surface area contributed by atoms with Gasteiger partial charge in [-0.1, -0.05) is 41.9 Å². The van der Waals surface area contributed by atoms with E-state index >= 15 is 0 Å². The normalized spacial score (nSPS) is 13.3. The van der Waals surface area contributed by atoms with E-state index in [0.29, 0.717) is 18.7 Å². The van der Waals surface area contributed by atoms with E-state index in [2.05, 4.69) is 30.6 Å². The lowest BCUT2D eigenvalue weighted by Crippen LogP contribution is -2.28. The van der Waals surface area contributed by atoms with Crippen LogP contribution in [0.2, 0.25) is 0 Å². The van der Waals surface area contributed by atoms with Crippen molar-refractivity contribution >= 4 is 26.0 Å². The van der Waals surface area contributed by atoms with E-state index in [4.69, 9.17) is 0 Å². The molecule has 1 heterocycles. The van der Waals surface area contributed by atoms with Gasteiger partial charge in [0.25, 0.3) is 10.0 Å². The molecule has 2 aromatic rings. The molecule has 0 saturated heterocycles. The number of nitrogens with zero attached hydrogens (tertiary/aromatic N) is 1. The molecular weight excluding hydrogens is 354 g/mol. The van der Waals surface area contributed by atoms with Crippen LogP contribution in [0, 0.1) is 0 Å². The van der Waals surface area contributed by atoms with Crippen LogP contribution in [0.5, 0.6) is 0 Å². The number of hydrogen-bond donors (Lipinski definition) is 2. The van der Waals surface area contributed by atoms with E-state index in [0.717, 1.165) is 10.0 Å². The molecule has 0 aliphatic rings. The Morgan fingerprint density at radius 2 is 1.95 bits per heavy atom. The van der Waals surface area contributed by atoms with Gasteiger partial charge in [-0.3, -0.25) is 0 Å². The third-order valence-electron chi connectivity index (χ3n) is 3.21. The highest BCUT2D eigenvalue weighted by Gasteiger charge is 2.22. The molecule has 1 atom stereocenters. The summed E-state index contributed by atoms with van der Waals surface area (Å²) in [5, 5.41) is 0.106. The predicted molar refractivity (Wildman–Crippen MR) is 85.5 cm³/mol. The predicted octanol–water partition coefficient (Wildman–Crippen LogP) is 3.16. The van der Waals surface area contributed by atoms with Crippen LogP contribution in [0.4, 0.5) is 0 Å².